The quantitative estimate of drug-likeness (QED) is 0.683. The third-order valence-electron chi connectivity index (χ3n) is 4.14. The van der Waals surface area contributed by atoms with E-state index < -0.39 is 0 Å². The molecule has 0 atom stereocenters. The molecule has 0 saturated heterocycles. The number of carbonyl (C=O) groups excluding carboxylic acids is 2. The Morgan fingerprint density at radius 1 is 1.21 bits per heavy atom. The summed E-state index contributed by atoms with van der Waals surface area (Å²) >= 11 is 0. The summed E-state index contributed by atoms with van der Waals surface area (Å²) in [6.07, 6.45) is 4.87. The average Bonchev–Trinajstić information content (AvgIpc) is 3.08. The van der Waals surface area contributed by atoms with E-state index in [4.69, 9.17) is 0 Å². The van der Waals surface area contributed by atoms with Crippen LogP contribution in [-0.2, 0) is 24.2 Å². The van der Waals surface area contributed by atoms with Crippen molar-refractivity contribution in [2.24, 2.45) is 0 Å². The maximum Gasteiger partial charge on any atom is 0.176 e. The summed E-state index contributed by atoms with van der Waals surface area (Å²) < 4.78 is 1.90. The first-order valence-corrected chi connectivity index (χ1v) is 7.92. The molecule has 3 rings (SSSR count). The highest BCUT2D eigenvalue weighted by molar-refractivity contribution is 5.93. The Kier molecular flexibility index (Phi) is 4.25. The van der Waals surface area contributed by atoms with Gasteiger partial charge in [-0.25, -0.2) is 0 Å². The number of hydrogen-bond donors (Lipinski definition) is 2. The van der Waals surface area contributed by atoms with E-state index in [2.05, 4.69) is 4.98 Å². The fourth-order valence-corrected chi connectivity index (χ4v) is 3.05. The molecule has 0 amide bonds. The molecule has 5 heteroatoms. The van der Waals surface area contributed by atoms with Crippen molar-refractivity contribution in [3.63, 3.8) is 0 Å². The van der Waals surface area contributed by atoms with Crippen molar-refractivity contribution in [1.82, 2.24) is 9.55 Å². The number of fused-ring (bicyclic) bond motifs is 1. The van der Waals surface area contributed by atoms with Crippen LogP contribution in [0.4, 0.5) is 0 Å². The molecule has 0 aliphatic rings. The van der Waals surface area contributed by atoms with Gasteiger partial charge in [-0.15, -0.1) is 0 Å². The van der Waals surface area contributed by atoms with Crippen LogP contribution in [0.25, 0.3) is 10.9 Å². The normalized spacial score (nSPS) is 11.1. The van der Waals surface area contributed by atoms with Crippen molar-refractivity contribution < 1.29 is 14.7 Å². The lowest BCUT2D eigenvalue weighted by Crippen LogP contribution is -2.07. The van der Waals surface area contributed by atoms with Crippen LogP contribution in [-0.4, -0.2) is 26.2 Å². The van der Waals surface area contributed by atoms with Gasteiger partial charge in [0.1, 0.15) is 11.5 Å². The molecular weight excluding hydrogens is 304 g/mol. The van der Waals surface area contributed by atoms with E-state index in [-0.39, 0.29) is 17.3 Å². The molecular formula is C19H20N2O3. The van der Waals surface area contributed by atoms with Gasteiger partial charge in [0.05, 0.1) is 5.69 Å². The van der Waals surface area contributed by atoms with Gasteiger partial charge < -0.3 is 14.7 Å². The number of aromatic hydroxyl groups is 1. The van der Waals surface area contributed by atoms with Gasteiger partial charge in [-0.2, -0.15) is 0 Å². The number of phenolic OH excluding ortho intramolecular Hbond substituents is 1. The highest BCUT2D eigenvalue weighted by Crippen LogP contribution is 2.24. The van der Waals surface area contributed by atoms with Gasteiger partial charge in [-0.3, -0.25) is 9.59 Å². The molecule has 0 radical (unpaired) electrons. The lowest BCUT2D eigenvalue weighted by atomic mass is 10.1. The minimum atomic E-state index is -0.0126. The van der Waals surface area contributed by atoms with Crippen molar-refractivity contribution in [1.29, 1.82) is 0 Å². The summed E-state index contributed by atoms with van der Waals surface area (Å²) in [5, 5.41) is 10.6. The van der Waals surface area contributed by atoms with Crippen LogP contribution in [0, 0.1) is 0 Å². The number of rotatable bonds is 6. The molecule has 0 bridgehead atoms. The number of phenols is 1. The number of aromatic amines is 1. The molecule has 0 aliphatic heterocycles. The summed E-state index contributed by atoms with van der Waals surface area (Å²) in [5.74, 6) is 0.299. The summed E-state index contributed by atoms with van der Waals surface area (Å²) in [7, 11) is 0. The molecule has 124 valence electrons. The second-order valence-corrected chi connectivity index (χ2v) is 6.16. The number of aryl methyl sites for hydroxylation is 2. The van der Waals surface area contributed by atoms with Crippen LogP contribution in [0.2, 0.25) is 0 Å². The molecule has 0 fully saturated rings. The van der Waals surface area contributed by atoms with E-state index in [1.807, 2.05) is 23.0 Å². The van der Waals surface area contributed by atoms with Crippen LogP contribution in [0.15, 0.2) is 36.7 Å². The van der Waals surface area contributed by atoms with Crippen LogP contribution < -0.4 is 0 Å². The fourth-order valence-electron chi connectivity index (χ4n) is 3.05. The molecule has 0 saturated carbocycles. The topological polar surface area (TPSA) is 75.1 Å². The molecule has 0 aliphatic carbocycles. The van der Waals surface area contributed by atoms with E-state index in [0.717, 1.165) is 28.5 Å². The third kappa shape index (κ3) is 3.25. The largest absolute Gasteiger partial charge is 0.508 e. The minimum Gasteiger partial charge on any atom is -0.508 e. The zero-order valence-electron chi connectivity index (χ0n) is 13.8. The van der Waals surface area contributed by atoms with E-state index in [1.165, 1.54) is 6.92 Å². The molecule has 1 aromatic carbocycles. The van der Waals surface area contributed by atoms with E-state index >= 15 is 0 Å². The predicted octanol–water partition coefficient (Wildman–Crippen LogP) is 3.25. The number of hydrogen-bond acceptors (Lipinski definition) is 3. The van der Waals surface area contributed by atoms with Crippen molar-refractivity contribution >= 4 is 22.5 Å². The van der Waals surface area contributed by atoms with Crippen molar-refractivity contribution in [3.05, 3.63) is 53.5 Å². The van der Waals surface area contributed by atoms with Gasteiger partial charge in [0.15, 0.2) is 5.78 Å². The number of H-pyrrole nitrogens is 1. The molecule has 2 N–H and O–H groups in total. The zero-order chi connectivity index (χ0) is 17.3. The van der Waals surface area contributed by atoms with Crippen LogP contribution in [0.1, 0.15) is 35.5 Å². The average molecular weight is 324 g/mol. The molecule has 24 heavy (non-hydrogen) atoms. The predicted molar refractivity (Wildman–Crippen MR) is 92.5 cm³/mol. The van der Waals surface area contributed by atoms with E-state index in [0.29, 0.717) is 18.7 Å². The van der Waals surface area contributed by atoms with Gasteiger partial charge in [0, 0.05) is 43.2 Å². The molecule has 0 unspecified atom stereocenters. The standard InChI is InChI=1S/C19H20N2O3/c1-12(22)7-14-8-19(13(2)23)21(11-14)6-5-15-10-20-18-4-3-16(24)9-17(15)18/h3-4,8-11,20,24H,5-7H2,1-2H3. The van der Waals surface area contributed by atoms with Crippen molar-refractivity contribution in [2.45, 2.75) is 33.2 Å². The monoisotopic (exact) mass is 324 g/mol. The van der Waals surface area contributed by atoms with Crippen molar-refractivity contribution in [2.75, 3.05) is 0 Å². The minimum absolute atomic E-state index is 0.0126. The zero-order valence-corrected chi connectivity index (χ0v) is 13.8. The van der Waals surface area contributed by atoms with Gasteiger partial charge in [0.25, 0.3) is 0 Å². The maximum atomic E-state index is 11.8. The Hall–Kier alpha value is -2.82. The molecule has 3 aromatic rings. The van der Waals surface area contributed by atoms with Gasteiger partial charge in [-0.1, -0.05) is 0 Å². The Morgan fingerprint density at radius 2 is 2.00 bits per heavy atom. The highest BCUT2D eigenvalue weighted by Gasteiger charge is 2.12. The molecule has 5 nitrogen and oxygen atoms in total. The van der Waals surface area contributed by atoms with Crippen molar-refractivity contribution in [3.8, 4) is 5.75 Å². The first-order chi connectivity index (χ1) is 11.4. The van der Waals surface area contributed by atoms with Gasteiger partial charge in [-0.05, 0) is 48.7 Å². The number of benzene rings is 1. The summed E-state index contributed by atoms with van der Waals surface area (Å²) in [4.78, 5) is 26.3. The van der Waals surface area contributed by atoms with Gasteiger partial charge >= 0.3 is 0 Å². The van der Waals surface area contributed by atoms with Crippen LogP contribution in [0.3, 0.4) is 0 Å². The first kappa shape index (κ1) is 16.1. The Bertz CT molecular complexity index is 918. The Balaban J connectivity index is 1.85. The van der Waals surface area contributed by atoms with E-state index in [9.17, 15) is 14.7 Å². The summed E-state index contributed by atoms with van der Waals surface area (Å²) in [6, 6.07) is 7.03. The SMILES string of the molecule is CC(=O)Cc1cc(C(C)=O)n(CCc2c[nH]c3ccc(O)cc23)c1. The van der Waals surface area contributed by atoms with Crippen LogP contribution >= 0.6 is 0 Å². The second kappa shape index (κ2) is 6.35. The lowest BCUT2D eigenvalue weighted by molar-refractivity contribution is -0.116. The fraction of sp³-hybridized carbons (Fsp3) is 0.263. The number of aromatic nitrogens is 2. The number of Topliss-reactive ketones (excluding diaryl/α,β-unsaturated/α-hetero) is 2. The maximum absolute atomic E-state index is 11.8. The molecule has 2 aromatic heterocycles. The number of nitrogens with one attached hydrogen (secondary N) is 1. The van der Waals surface area contributed by atoms with Crippen LogP contribution in [0.5, 0.6) is 5.75 Å². The second-order valence-electron chi connectivity index (χ2n) is 6.16. The van der Waals surface area contributed by atoms with E-state index in [1.54, 1.807) is 25.1 Å². The number of ketones is 2. The summed E-state index contributed by atoms with van der Waals surface area (Å²) in [6.45, 7) is 3.71. The molecule has 0 spiro atoms. The smallest absolute Gasteiger partial charge is 0.176 e. The first-order valence-electron chi connectivity index (χ1n) is 7.92. The molecule has 2 heterocycles. The highest BCUT2D eigenvalue weighted by atomic mass is 16.3. The number of carbonyl (C=O) groups is 2. The summed E-state index contributed by atoms with van der Waals surface area (Å²) in [5.41, 5.74) is 3.54. The lowest BCUT2D eigenvalue weighted by Gasteiger charge is -2.06. The Labute approximate surface area is 139 Å². The Morgan fingerprint density at radius 3 is 2.71 bits per heavy atom. The third-order valence-corrected chi connectivity index (χ3v) is 4.14. The number of nitrogens with zero attached hydrogens (tertiary/aromatic N) is 1. The van der Waals surface area contributed by atoms with Gasteiger partial charge in [0.2, 0.25) is 0 Å².